The fraction of sp³-hybridized carbons (Fsp3) is 0.571. The van der Waals surface area contributed by atoms with E-state index in [1.807, 2.05) is 0 Å². The molecule has 1 fully saturated rings. The topological polar surface area (TPSA) is 66.4 Å². The average Bonchev–Trinajstić information content (AvgIpc) is 2.96. The summed E-state index contributed by atoms with van der Waals surface area (Å²) >= 11 is 0. The zero-order chi connectivity index (χ0) is 14.1. The van der Waals surface area contributed by atoms with Crippen LogP contribution in [0.15, 0.2) is 29.2 Å². The van der Waals surface area contributed by atoms with Gasteiger partial charge < -0.3 is 5.11 Å². The molecule has 1 aliphatic carbocycles. The molecule has 0 radical (unpaired) electrons. The van der Waals surface area contributed by atoms with Gasteiger partial charge in [0.1, 0.15) is 0 Å². The molecule has 2 N–H and O–H groups in total. The van der Waals surface area contributed by atoms with E-state index >= 15 is 0 Å². The lowest BCUT2D eigenvalue weighted by atomic mass is 10.1. The second-order valence-electron chi connectivity index (χ2n) is 5.86. The van der Waals surface area contributed by atoms with Crippen LogP contribution in [-0.2, 0) is 16.4 Å². The minimum Gasteiger partial charge on any atom is -0.396 e. The number of sulfonamides is 1. The van der Waals surface area contributed by atoms with E-state index in [0.29, 0.717) is 18.9 Å². The lowest BCUT2D eigenvalue weighted by Gasteiger charge is -2.08. The van der Waals surface area contributed by atoms with Gasteiger partial charge in [0.05, 0.1) is 4.90 Å². The molecule has 0 bridgehead atoms. The van der Waals surface area contributed by atoms with Crippen molar-refractivity contribution in [2.45, 2.75) is 31.6 Å². The number of rotatable bonds is 6. The first-order valence-electron chi connectivity index (χ1n) is 6.55. The van der Waals surface area contributed by atoms with E-state index < -0.39 is 10.0 Å². The van der Waals surface area contributed by atoms with Crippen molar-refractivity contribution < 1.29 is 13.5 Å². The predicted molar refractivity (Wildman–Crippen MR) is 74.3 cm³/mol. The highest BCUT2D eigenvalue weighted by Gasteiger charge is 2.45. The van der Waals surface area contributed by atoms with Gasteiger partial charge in [0, 0.05) is 13.2 Å². The molecule has 1 atom stereocenters. The van der Waals surface area contributed by atoms with E-state index in [1.165, 1.54) is 0 Å². The van der Waals surface area contributed by atoms with Crippen LogP contribution >= 0.6 is 0 Å². The number of aliphatic hydroxyl groups excluding tert-OH is 1. The minimum absolute atomic E-state index is 0.0705. The molecule has 1 aromatic rings. The lowest BCUT2D eigenvalue weighted by Crippen LogP contribution is -2.26. The van der Waals surface area contributed by atoms with Crippen molar-refractivity contribution in [3.63, 3.8) is 0 Å². The molecule has 5 heteroatoms. The van der Waals surface area contributed by atoms with Gasteiger partial charge in [-0.2, -0.15) is 0 Å². The molecule has 106 valence electrons. The van der Waals surface area contributed by atoms with E-state index in [0.717, 1.165) is 12.0 Å². The summed E-state index contributed by atoms with van der Waals surface area (Å²) in [5, 5.41) is 8.82. The van der Waals surface area contributed by atoms with Crippen LogP contribution in [0.25, 0.3) is 0 Å². The van der Waals surface area contributed by atoms with Crippen molar-refractivity contribution in [1.29, 1.82) is 0 Å². The van der Waals surface area contributed by atoms with Gasteiger partial charge >= 0.3 is 0 Å². The molecule has 0 aliphatic heterocycles. The third-order valence-electron chi connectivity index (χ3n) is 3.87. The maximum atomic E-state index is 12.1. The maximum Gasteiger partial charge on any atom is 0.240 e. The molecule has 2 rings (SSSR count). The SMILES string of the molecule is CC1(C)CC1CNS(=O)(=O)c1ccc(CCO)cc1. The third-order valence-corrected chi connectivity index (χ3v) is 5.31. The average molecular weight is 283 g/mol. The molecule has 0 spiro atoms. The quantitative estimate of drug-likeness (QED) is 0.832. The van der Waals surface area contributed by atoms with Crippen LogP contribution < -0.4 is 4.72 Å². The van der Waals surface area contributed by atoms with Crippen molar-refractivity contribution in [2.24, 2.45) is 11.3 Å². The van der Waals surface area contributed by atoms with E-state index in [4.69, 9.17) is 5.11 Å². The van der Waals surface area contributed by atoms with Crippen LogP contribution in [0.1, 0.15) is 25.8 Å². The molecule has 19 heavy (non-hydrogen) atoms. The molecule has 0 amide bonds. The standard InChI is InChI=1S/C14H21NO3S/c1-14(2)9-12(14)10-15-19(17,18)13-5-3-11(4-6-13)7-8-16/h3-6,12,15-16H,7-10H2,1-2H3. The first-order chi connectivity index (χ1) is 8.85. The Hall–Kier alpha value is -0.910. The highest BCUT2D eigenvalue weighted by molar-refractivity contribution is 7.89. The Morgan fingerprint density at radius 1 is 1.32 bits per heavy atom. The molecular weight excluding hydrogens is 262 g/mol. The van der Waals surface area contributed by atoms with Gasteiger partial charge in [-0.25, -0.2) is 13.1 Å². The van der Waals surface area contributed by atoms with Crippen LogP contribution in [0.4, 0.5) is 0 Å². The van der Waals surface area contributed by atoms with Crippen molar-refractivity contribution >= 4 is 10.0 Å². The Morgan fingerprint density at radius 2 is 1.89 bits per heavy atom. The fourth-order valence-corrected chi connectivity index (χ4v) is 3.26. The largest absolute Gasteiger partial charge is 0.396 e. The van der Waals surface area contributed by atoms with Gasteiger partial charge in [0.15, 0.2) is 0 Å². The Morgan fingerprint density at radius 3 is 2.37 bits per heavy atom. The Kier molecular flexibility index (Phi) is 3.99. The summed E-state index contributed by atoms with van der Waals surface area (Å²) in [6.07, 6.45) is 1.62. The molecule has 4 nitrogen and oxygen atoms in total. The summed E-state index contributed by atoms with van der Waals surface area (Å²) in [5.74, 6) is 0.441. The van der Waals surface area contributed by atoms with Crippen LogP contribution in [-0.4, -0.2) is 26.7 Å². The van der Waals surface area contributed by atoms with Gasteiger partial charge in [-0.05, 0) is 41.9 Å². The summed E-state index contributed by atoms with van der Waals surface area (Å²) < 4.78 is 26.8. The van der Waals surface area contributed by atoms with Gasteiger partial charge in [0.25, 0.3) is 0 Å². The summed E-state index contributed by atoms with van der Waals surface area (Å²) in [6.45, 7) is 4.88. The highest BCUT2D eigenvalue weighted by Crippen LogP contribution is 2.51. The molecule has 1 aliphatic rings. The van der Waals surface area contributed by atoms with Gasteiger partial charge in [-0.1, -0.05) is 26.0 Å². The summed E-state index contributed by atoms with van der Waals surface area (Å²) in [4.78, 5) is 0.285. The van der Waals surface area contributed by atoms with Gasteiger partial charge in [0.2, 0.25) is 10.0 Å². The predicted octanol–water partition coefficient (Wildman–Crippen LogP) is 1.55. The number of benzene rings is 1. The lowest BCUT2D eigenvalue weighted by molar-refractivity contribution is 0.299. The minimum atomic E-state index is -3.41. The number of nitrogens with one attached hydrogen (secondary N) is 1. The summed E-state index contributed by atoms with van der Waals surface area (Å²) in [7, 11) is -3.41. The Balaban J connectivity index is 1.99. The van der Waals surface area contributed by atoms with E-state index in [2.05, 4.69) is 18.6 Å². The second-order valence-corrected chi connectivity index (χ2v) is 7.63. The van der Waals surface area contributed by atoms with E-state index in [1.54, 1.807) is 24.3 Å². The summed E-state index contributed by atoms with van der Waals surface area (Å²) in [6, 6.07) is 6.66. The molecule has 0 saturated heterocycles. The van der Waals surface area contributed by atoms with Crippen LogP contribution in [0.2, 0.25) is 0 Å². The first kappa shape index (κ1) is 14.5. The highest BCUT2D eigenvalue weighted by atomic mass is 32.2. The zero-order valence-electron chi connectivity index (χ0n) is 11.4. The number of hydrogen-bond donors (Lipinski definition) is 2. The smallest absolute Gasteiger partial charge is 0.240 e. The van der Waals surface area contributed by atoms with Crippen LogP contribution in [0, 0.1) is 11.3 Å². The fourth-order valence-electron chi connectivity index (χ4n) is 2.18. The van der Waals surface area contributed by atoms with Crippen molar-refractivity contribution in [1.82, 2.24) is 4.72 Å². The molecular formula is C14H21NO3S. The van der Waals surface area contributed by atoms with Gasteiger partial charge in [-0.15, -0.1) is 0 Å². The van der Waals surface area contributed by atoms with E-state index in [-0.39, 0.29) is 16.9 Å². The van der Waals surface area contributed by atoms with Crippen molar-refractivity contribution in [3.8, 4) is 0 Å². The maximum absolute atomic E-state index is 12.1. The molecule has 1 unspecified atom stereocenters. The third kappa shape index (κ3) is 3.55. The van der Waals surface area contributed by atoms with E-state index in [9.17, 15) is 8.42 Å². The van der Waals surface area contributed by atoms with Crippen LogP contribution in [0.5, 0.6) is 0 Å². The van der Waals surface area contributed by atoms with Crippen molar-refractivity contribution in [3.05, 3.63) is 29.8 Å². The zero-order valence-corrected chi connectivity index (χ0v) is 12.2. The summed E-state index contributed by atoms with van der Waals surface area (Å²) in [5.41, 5.74) is 1.21. The molecule has 0 aromatic heterocycles. The molecule has 1 aromatic carbocycles. The van der Waals surface area contributed by atoms with Crippen molar-refractivity contribution in [2.75, 3.05) is 13.2 Å². The Labute approximate surface area is 114 Å². The molecule has 1 saturated carbocycles. The number of hydrogen-bond acceptors (Lipinski definition) is 3. The Bertz CT molecular complexity index is 534. The monoisotopic (exact) mass is 283 g/mol. The van der Waals surface area contributed by atoms with Crippen LogP contribution in [0.3, 0.4) is 0 Å². The number of aliphatic hydroxyl groups is 1. The second kappa shape index (κ2) is 5.23. The normalized spacial score (nSPS) is 21.3. The molecule has 0 heterocycles. The first-order valence-corrected chi connectivity index (χ1v) is 8.03. The van der Waals surface area contributed by atoms with Gasteiger partial charge in [-0.3, -0.25) is 0 Å².